The van der Waals surface area contributed by atoms with Gasteiger partial charge in [0.25, 0.3) is 17.4 Å². The number of hydrogen-bond donors (Lipinski definition) is 2. The van der Waals surface area contributed by atoms with Gasteiger partial charge in [-0.1, -0.05) is 0 Å². The summed E-state index contributed by atoms with van der Waals surface area (Å²) in [6.07, 6.45) is 3.90. The van der Waals surface area contributed by atoms with Crippen LogP contribution in [0.1, 0.15) is 51.8 Å². The number of rotatable bonds is 3. The van der Waals surface area contributed by atoms with Crippen molar-refractivity contribution in [2.24, 2.45) is 5.92 Å². The van der Waals surface area contributed by atoms with Crippen molar-refractivity contribution < 1.29 is 14.0 Å². The Kier molecular flexibility index (Phi) is 6.20. The van der Waals surface area contributed by atoms with Gasteiger partial charge < -0.3 is 24.5 Å². The number of amides is 2. The van der Waals surface area contributed by atoms with Crippen LogP contribution in [0.2, 0.25) is 0 Å². The van der Waals surface area contributed by atoms with Crippen LogP contribution in [0.3, 0.4) is 0 Å². The highest BCUT2D eigenvalue weighted by atomic mass is 35.5. The summed E-state index contributed by atoms with van der Waals surface area (Å²) in [5.74, 6) is 0.680. The summed E-state index contributed by atoms with van der Waals surface area (Å²) in [4.78, 5) is 40.0. The standard InChI is InChI=1S/C22H26N4O4.ClH/c27-20(24-16-5-7-25(8-6-16)22(29)19-2-1-9-30-19)17-3-4-18-15-10-14(11-23-12-15)13-26(18)21(17)28;/h1-4,9,14-16,23H,5-8,10-13H2,(H,24,27);1H/t14-,15+;/m0./s1. The fourth-order valence-electron chi connectivity index (χ4n) is 5.01. The molecule has 0 aliphatic carbocycles. The fourth-order valence-corrected chi connectivity index (χ4v) is 5.01. The molecule has 0 spiro atoms. The number of piperidine rings is 2. The van der Waals surface area contributed by atoms with Crippen LogP contribution in [0.15, 0.2) is 39.7 Å². The van der Waals surface area contributed by atoms with E-state index in [1.807, 2.05) is 6.07 Å². The number of nitrogens with zero attached hydrogens (tertiary/aromatic N) is 2. The number of aromatic nitrogens is 1. The van der Waals surface area contributed by atoms with Crippen LogP contribution < -0.4 is 16.2 Å². The minimum Gasteiger partial charge on any atom is -0.459 e. The van der Waals surface area contributed by atoms with Crippen LogP contribution in [0.25, 0.3) is 0 Å². The van der Waals surface area contributed by atoms with Gasteiger partial charge in [-0.25, -0.2) is 0 Å². The van der Waals surface area contributed by atoms with Crippen molar-refractivity contribution in [2.75, 3.05) is 26.2 Å². The first-order valence-corrected chi connectivity index (χ1v) is 10.7. The Labute approximate surface area is 186 Å². The molecule has 3 aliphatic rings. The predicted molar refractivity (Wildman–Crippen MR) is 117 cm³/mol. The van der Waals surface area contributed by atoms with Gasteiger partial charge in [0.2, 0.25) is 0 Å². The quantitative estimate of drug-likeness (QED) is 0.746. The second-order valence-electron chi connectivity index (χ2n) is 8.56. The maximum Gasteiger partial charge on any atom is 0.289 e. The van der Waals surface area contributed by atoms with Crippen LogP contribution in [0, 0.1) is 5.92 Å². The molecule has 3 aliphatic heterocycles. The van der Waals surface area contributed by atoms with E-state index >= 15 is 0 Å². The van der Waals surface area contributed by atoms with Crippen LogP contribution >= 0.6 is 12.4 Å². The molecule has 166 valence electrons. The summed E-state index contributed by atoms with van der Waals surface area (Å²) in [5, 5.41) is 6.43. The Morgan fingerprint density at radius 3 is 2.68 bits per heavy atom. The molecule has 5 heterocycles. The molecule has 8 nitrogen and oxygen atoms in total. The van der Waals surface area contributed by atoms with E-state index in [2.05, 4.69) is 10.6 Å². The van der Waals surface area contributed by atoms with E-state index < -0.39 is 0 Å². The first kappa shape index (κ1) is 21.6. The molecular weight excluding hydrogens is 420 g/mol. The Morgan fingerprint density at radius 2 is 1.94 bits per heavy atom. The number of likely N-dealkylation sites (tertiary alicyclic amines) is 1. The van der Waals surface area contributed by atoms with Crippen LogP contribution in [-0.4, -0.2) is 53.5 Å². The number of carbonyl (C=O) groups is 2. The maximum atomic E-state index is 13.0. The van der Waals surface area contributed by atoms with Crippen LogP contribution in [-0.2, 0) is 6.54 Å². The van der Waals surface area contributed by atoms with E-state index in [0.717, 1.165) is 25.2 Å². The smallest absolute Gasteiger partial charge is 0.289 e. The number of furan rings is 1. The van der Waals surface area contributed by atoms with Gasteiger partial charge in [-0.3, -0.25) is 14.4 Å². The molecule has 0 saturated carbocycles. The largest absolute Gasteiger partial charge is 0.459 e. The zero-order valence-corrected chi connectivity index (χ0v) is 18.0. The normalized spacial score (nSPS) is 22.9. The maximum absolute atomic E-state index is 13.0. The lowest BCUT2D eigenvalue weighted by molar-refractivity contribution is 0.0667. The van der Waals surface area contributed by atoms with Gasteiger partial charge in [0.05, 0.1) is 6.26 Å². The van der Waals surface area contributed by atoms with E-state index in [9.17, 15) is 14.4 Å². The summed E-state index contributed by atoms with van der Waals surface area (Å²) < 4.78 is 6.99. The van der Waals surface area contributed by atoms with E-state index in [1.165, 1.54) is 6.26 Å². The highest BCUT2D eigenvalue weighted by Crippen LogP contribution is 2.31. The van der Waals surface area contributed by atoms with Gasteiger partial charge in [-0.05, 0) is 56.0 Å². The van der Waals surface area contributed by atoms with Gasteiger partial charge in [0.1, 0.15) is 5.56 Å². The Balaban J connectivity index is 0.00000231. The number of fused-ring (bicyclic) bond motifs is 4. The molecular formula is C22H27ClN4O4. The molecule has 2 N–H and O–H groups in total. The Morgan fingerprint density at radius 1 is 1.13 bits per heavy atom. The van der Waals surface area contributed by atoms with E-state index in [0.29, 0.717) is 50.1 Å². The molecule has 2 aromatic rings. The summed E-state index contributed by atoms with van der Waals surface area (Å²) in [6, 6.07) is 6.91. The molecule has 0 aromatic carbocycles. The average Bonchev–Trinajstić information content (AvgIpc) is 3.30. The van der Waals surface area contributed by atoms with Gasteiger partial charge in [0.15, 0.2) is 5.76 Å². The second-order valence-corrected chi connectivity index (χ2v) is 8.56. The monoisotopic (exact) mass is 446 g/mol. The lowest BCUT2D eigenvalue weighted by atomic mass is 9.84. The summed E-state index contributed by atoms with van der Waals surface area (Å²) in [6.45, 7) is 3.57. The summed E-state index contributed by atoms with van der Waals surface area (Å²) >= 11 is 0. The molecule has 5 rings (SSSR count). The van der Waals surface area contributed by atoms with Crippen molar-refractivity contribution in [2.45, 2.75) is 37.8 Å². The molecule has 2 saturated heterocycles. The van der Waals surface area contributed by atoms with Crippen LogP contribution in [0.5, 0.6) is 0 Å². The molecule has 2 fully saturated rings. The van der Waals surface area contributed by atoms with Gasteiger partial charge in [0, 0.05) is 43.8 Å². The molecule has 2 atom stereocenters. The zero-order valence-electron chi connectivity index (χ0n) is 17.2. The van der Waals surface area contributed by atoms with Crippen molar-refractivity contribution in [1.82, 2.24) is 20.1 Å². The number of hydrogen-bond acceptors (Lipinski definition) is 5. The van der Waals surface area contributed by atoms with Crippen molar-refractivity contribution in [3.63, 3.8) is 0 Å². The molecule has 9 heteroatoms. The molecule has 2 aromatic heterocycles. The van der Waals surface area contributed by atoms with Crippen molar-refractivity contribution in [3.8, 4) is 0 Å². The number of nitrogens with one attached hydrogen (secondary N) is 2. The third-order valence-corrected chi connectivity index (χ3v) is 6.60. The average molecular weight is 447 g/mol. The highest BCUT2D eigenvalue weighted by Gasteiger charge is 2.32. The van der Waals surface area contributed by atoms with E-state index in [1.54, 1.807) is 27.7 Å². The first-order chi connectivity index (χ1) is 14.6. The molecule has 2 amide bonds. The summed E-state index contributed by atoms with van der Waals surface area (Å²) in [7, 11) is 0. The molecule has 0 unspecified atom stereocenters. The topological polar surface area (TPSA) is 96.6 Å². The highest BCUT2D eigenvalue weighted by molar-refractivity contribution is 5.94. The number of carbonyl (C=O) groups excluding carboxylic acids is 2. The fraction of sp³-hybridized carbons (Fsp3) is 0.500. The lowest BCUT2D eigenvalue weighted by Crippen LogP contribution is -2.48. The minimum atomic E-state index is -0.319. The SMILES string of the molecule is Cl.O=C(NC1CCN(C(=O)c2ccco2)CC1)c1ccc2n(c1=O)C[C@@H]1CNC[C@H]2C1. The number of pyridine rings is 1. The Bertz CT molecular complexity index is 1010. The molecule has 31 heavy (non-hydrogen) atoms. The third-order valence-electron chi connectivity index (χ3n) is 6.60. The third kappa shape index (κ3) is 4.14. The Hall–Kier alpha value is -2.58. The zero-order chi connectivity index (χ0) is 20.7. The van der Waals surface area contributed by atoms with E-state index in [4.69, 9.17) is 4.42 Å². The second kappa shape index (κ2) is 8.88. The summed E-state index contributed by atoms with van der Waals surface area (Å²) in [5.41, 5.74) is 1.05. The minimum absolute atomic E-state index is 0. The lowest BCUT2D eigenvalue weighted by Gasteiger charge is -2.37. The van der Waals surface area contributed by atoms with Crippen LogP contribution in [0.4, 0.5) is 0 Å². The van der Waals surface area contributed by atoms with Gasteiger partial charge in [-0.2, -0.15) is 0 Å². The molecule has 0 radical (unpaired) electrons. The van der Waals surface area contributed by atoms with E-state index in [-0.39, 0.29) is 41.4 Å². The van der Waals surface area contributed by atoms with Crippen molar-refractivity contribution in [3.05, 3.63) is 57.9 Å². The molecule has 2 bridgehead atoms. The van der Waals surface area contributed by atoms with Crippen molar-refractivity contribution >= 4 is 24.2 Å². The van der Waals surface area contributed by atoms with Gasteiger partial charge in [-0.15, -0.1) is 12.4 Å². The van der Waals surface area contributed by atoms with Crippen molar-refractivity contribution in [1.29, 1.82) is 0 Å². The predicted octanol–water partition coefficient (Wildman–Crippen LogP) is 1.60. The number of halogens is 1. The van der Waals surface area contributed by atoms with Gasteiger partial charge >= 0.3 is 0 Å². The first-order valence-electron chi connectivity index (χ1n) is 10.7.